The Morgan fingerprint density at radius 2 is 1.42 bits per heavy atom. The number of carbonyl (C=O) groups is 4. The van der Waals surface area contributed by atoms with E-state index in [9.17, 15) is 34.5 Å². The van der Waals surface area contributed by atoms with Crippen molar-refractivity contribution in [1.82, 2.24) is 4.90 Å². The fraction of sp³-hybridized carbons (Fsp3) is 0.906. The normalized spacial score (nSPS) is 39.8. The van der Waals surface area contributed by atoms with Gasteiger partial charge in [0.2, 0.25) is 5.78 Å². The van der Waals surface area contributed by atoms with Crippen molar-refractivity contribution in [3.05, 3.63) is 11.6 Å². The first kappa shape index (κ1) is 58.0. The van der Waals surface area contributed by atoms with Gasteiger partial charge in [-0.25, -0.2) is 0 Å². The number of ether oxygens (including phenoxy) is 2. The minimum absolute atomic E-state index is 0.00413. The number of hydrogen-bond acceptors (Lipinski definition) is 10. The van der Waals surface area contributed by atoms with E-state index in [1.165, 1.54) is 51.4 Å². The van der Waals surface area contributed by atoms with Crippen molar-refractivity contribution < 1.29 is 44.0 Å². The molecule has 420 valence electrons. The second kappa shape index (κ2) is 24.5. The smallest absolute Gasteiger partial charge is 0.306 e. The lowest BCUT2D eigenvalue weighted by molar-refractivity contribution is -0.199. The monoisotopic (exact) mass is 1030 g/mol. The van der Waals surface area contributed by atoms with E-state index in [1.54, 1.807) is 5.57 Å². The molecule has 0 radical (unpaired) electrons. The predicted molar refractivity (Wildman–Crippen MR) is 292 cm³/mol. The molecule has 0 aromatic carbocycles. The highest BCUT2D eigenvalue weighted by Gasteiger charge is 2.69. The quantitative estimate of drug-likeness (QED) is 0.0458. The summed E-state index contributed by atoms with van der Waals surface area (Å²) in [5, 5.41) is 33.3. The molecule has 8 rings (SSSR count). The maximum absolute atomic E-state index is 13.8. The molecule has 0 aromatic rings. The molecule has 0 heterocycles. The van der Waals surface area contributed by atoms with Gasteiger partial charge in [-0.15, -0.1) is 0 Å². The highest BCUT2D eigenvalue weighted by molar-refractivity contribution is 5.91. The molecule has 74 heavy (non-hydrogen) atoms. The predicted octanol–water partition coefficient (Wildman–Crippen LogP) is 12.6. The number of esters is 2. The van der Waals surface area contributed by atoms with E-state index >= 15 is 0 Å². The Morgan fingerprint density at radius 3 is 2.14 bits per heavy atom. The molecule has 0 spiro atoms. The summed E-state index contributed by atoms with van der Waals surface area (Å²) in [6.07, 6.45) is 28.7. The summed E-state index contributed by atoms with van der Waals surface area (Å²) in [5.74, 6) is 5.01. The fourth-order valence-electron chi connectivity index (χ4n) is 19.3. The van der Waals surface area contributed by atoms with E-state index in [0.29, 0.717) is 62.1 Å². The second-order valence-electron chi connectivity index (χ2n) is 28.0. The molecule has 3 N–H and O–H groups in total. The lowest BCUT2D eigenvalue weighted by Gasteiger charge is -2.62. The Kier molecular flexibility index (Phi) is 19.2. The zero-order valence-corrected chi connectivity index (χ0v) is 47.8. The fourth-order valence-corrected chi connectivity index (χ4v) is 19.3. The van der Waals surface area contributed by atoms with Crippen LogP contribution in [0.25, 0.3) is 0 Å². The van der Waals surface area contributed by atoms with Crippen LogP contribution in [0.3, 0.4) is 0 Å². The maximum Gasteiger partial charge on any atom is 0.306 e. The van der Waals surface area contributed by atoms with Gasteiger partial charge in [0.1, 0.15) is 17.5 Å². The molecule has 0 aliphatic heterocycles. The number of aliphatic hydroxyl groups is 3. The van der Waals surface area contributed by atoms with Crippen LogP contribution in [0.1, 0.15) is 235 Å². The molecule has 0 aromatic heterocycles. The Labute approximate surface area is 448 Å². The van der Waals surface area contributed by atoms with Crippen LogP contribution in [0.15, 0.2) is 11.6 Å². The van der Waals surface area contributed by atoms with Gasteiger partial charge in [-0.05, 0) is 217 Å². The van der Waals surface area contributed by atoms with E-state index < -0.39 is 35.5 Å². The van der Waals surface area contributed by atoms with E-state index in [-0.39, 0.29) is 53.7 Å². The van der Waals surface area contributed by atoms with Crippen LogP contribution in [0, 0.1) is 80.8 Å². The van der Waals surface area contributed by atoms with E-state index in [2.05, 4.69) is 52.5 Å². The molecular formula is C64H105NO9. The summed E-state index contributed by atoms with van der Waals surface area (Å²) < 4.78 is 11.7. The van der Waals surface area contributed by atoms with Crippen molar-refractivity contribution >= 4 is 23.5 Å². The molecular weight excluding hydrogens is 927 g/mol. The largest absolute Gasteiger partial charge is 0.462 e. The molecule has 16 atom stereocenters. The Balaban J connectivity index is 0.705. The van der Waals surface area contributed by atoms with Crippen molar-refractivity contribution in [2.24, 2.45) is 80.8 Å². The molecule has 0 bridgehead atoms. The number of allylic oxidation sites excluding steroid dienone is 1. The number of aliphatic hydroxyl groups excluding tert-OH is 2. The van der Waals surface area contributed by atoms with Gasteiger partial charge in [0, 0.05) is 44.1 Å². The van der Waals surface area contributed by atoms with Gasteiger partial charge in [-0.2, -0.15) is 0 Å². The third-order valence-corrected chi connectivity index (χ3v) is 23.5. The molecule has 16 unspecified atom stereocenters. The van der Waals surface area contributed by atoms with Gasteiger partial charge in [0.15, 0.2) is 6.61 Å². The van der Waals surface area contributed by atoms with Crippen LogP contribution in [-0.2, 0) is 28.7 Å². The third-order valence-electron chi connectivity index (χ3n) is 23.5. The highest BCUT2D eigenvalue weighted by Crippen LogP contribution is 2.69. The Hall–Kier alpha value is -2.14. The van der Waals surface area contributed by atoms with E-state index in [4.69, 9.17) is 9.47 Å². The summed E-state index contributed by atoms with van der Waals surface area (Å²) >= 11 is 0. The number of carbonyl (C=O) groups excluding carboxylic acids is 4. The first-order chi connectivity index (χ1) is 35.3. The van der Waals surface area contributed by atoms with E-state index in [1.807, 2.05) is 6.92 Å². The minimum Gasteiger partial charge on any atom is -0.462 e. The first-order valence-electron chi connectivity index (χ1n) is 31.1. The van der Waals surface area contributed by atoms with Crippen molar-refractivity contribution in [1.29, 1.82) is 0 Å². The van der Waals surface area contributed by atoms with Gasteiger partial charge in [-0.1, -0.05) is 92.2 Å². The summed E-state index contributed by atoms with van der Waals surface area (Å²) in [4.78, 5) is 54.7. The maximum atomic E-state index is 13.8. The molecule has 10 nitrogen and oxygen atoms in total. The number of fused-ring (bicyclic) bond motifs is 10. The summed E-state index contributed by atoms with van der Waals surface area (Å²) in [7, 11) is 0. The molecule has 8 aliphatic carbocycles. The van der Waals surface area contributed by atoms with Crippen LogP contribution < -0.4 is 0 Å². The lowest BCUT2D eigenvalue weighted by Crippen LogP contribution is -2.63. The van der Waals surface area contributed by atoms with Crippen molar-refractivity contribution in [2.45, 2.75) is 252 Å². The third kappa shape index (κ3) is 11.9. The minimum atomic E-state index is -1.65. The van der Waals surface area contributed by atoms with E-state index in [0.717, 1.165) is 139 Å². The van der Waals surface area contributed by atoms with Crippen molar-refractivity contribution in [2.75, 3.05) is 32.8 Å². The average molecular weight is 1030 g/mol. The Morgan fingerprint density at radius 1 is 0.716 bits per heavy atom. The topological polar surface area (TPSA) is 151 Å². The molecule has 0 amide bonds. The van der Waals surface area contributed by atoms with Gasteiger partial charge < -0.3 is 29.7 Å². The average Bonchev–Trinajstić information content (AvgIpc) is 3.85. The van der Waals surface area contributed by atoms with Crippen LogP contribution in [-0.4, -0.2) is 94.4 Å². The number of ketones is 2. The standard InChI is InChI=1S/C64H105NO9/c1-43(2)17-16-18-44(3)51-25-26-52-49-23-21-46-40-48(28-32-60(46,4)53(49)29-33-62(51,52)6)74-58(71)20-11-9-13-36-65(37-14-15-38-66)35-12-8-10-19-57(70)73-42-56(69)64(72)34-30-54-50-24-22-45-39-47(67)27-31-61(45,5)59(50)55(68)41-63(54,64)7/h21,43-45,48-55,59,66,68,72H,8-20,22-42H2,1-7H3. The zero-order chi connectivity index (χ0) is 53.1. The highest BCUT2D eigenvalue weighted by atomic mass is 16.5. The van der Waals surface area contributed by atoms with Gasteiger partial charge in [0.05, 0.1) is 6.10 Å². The van der Waals surface area contributed by atoms with Gasteiger partial charge >= 0.3 is 11.9 Å². The number of nitrogens with zero attached hydrogens (tertiary/aromatic N) is 1. The SMILES string of the molecule is CC(C)CCCC(C)C1CCC2C3CC=C4CC(OC(=O)CCCCCN(CCCCO)CCCCCC(=O)OCC(=O)C5(O)CCC6C7CCC8CC(=O)CCC8(C)C7C(O)CC65C)CCC4(C)C3CCC12C. The number of Topliss-reactive ketones (excluding diaryl/α,β-unsaturated/α-hetero) is 2. The number of unbranched alkanes of at least 4 members (excludes halogenated alkanes) is 5. The van der Waals surface area contributed by atoms with Crippen LogP contribution >= 0.6 is 0 Å². The zero-order valence-electron chi connectivity index (χ0n) is 47.8. The van der Waals surface area contributed by atoms with Crippen LogP contribution in [0.5, 0.6) is 0 Å². The molecule has 8 aliphatic rings. The summed E-state index contributed by atoms with van der Waals surface area (Å²) in [5.41, 5.74) is -0.215. The molecule has 7 saturated carbocycles. The van der Waals surface area contributed by atoms with Crippen molar-refractivity contribution in [3.8, 4) is 0 Å². The Bertz CT molecular complexity index is 1970. The van der Waals surface area contributed by atoms with Gasteiger partial charge in [0.25, 0.3) is 0 Å². The summed E-state index contributed by atoms with van der Waals surface area (Å²) in [6.45, 7) is 19.3. The van der Waals surface area contributed by atoms with Crippen LogP contribution in [0.4, 0.5) is 0 Å². The lowest BCUT2D eigenvalue weighted by atomic mass is 9.43. The first-order valence-corrected chi connectivity index (χ1v) is 31.1. The number of rotatable bonds is 25. The molecule has 10 heteroatoms. The second-order valence-corrected chi connectivity index (χ2v) is 28.0. The number of hydrogen-bond donors (Lipinski definition) is 3. The van der Waals surface area contributed by atoms with Crippen molar-refractivity contribution in [3.63, 3.8) is 0 Å². The molecule has 7 fully saturated rings. The van der Waals surface area contributed by atoms with Crippen LogP contribution in [0.2, 0.25) is 0 Å². The van der Waals surface area contributed by atoms with Gasteiger partial charge in [-0.3, -0.25) is 19.2 Å². The molecule has 0 saturated heterocycles. The summed E-state index contributed by atoms with van der Waals surface area (Å²) in [6, 6.07) is 0.